The molecule has 1 aromatic rings. The van der Waals surface area contributed by atoms with Gasteiger partial charge in [0.05, 0.1) is 7.11 Å². The third-order valence-corrected chi connectivity index (χ3v) is 2.36. The van der Waals surface area contributed by atoms with Crippen molar-refractivity contribution in [3.8, 4) is 5.75 Å². The number of ether oxygens (including phenoxy) is 1. The minimum absolute atomic E-state index is 0.0365. The summed E-state index contributed by atoms with van der Waals surface area (Å²) in [5.41, 5.74) is 5.81. The van der Waals surface area contributed by atoms with Crippen molar-refractivity contribution in [3.05, 3.63) is 24.0 Å². The zero-order valence-corrected chi connectivity index (χ0v) is 9.61. The van der Waals surface area contributed by atoms with E-state index in [-0.39, 0.29) is 5.78 Å². The highest BCUT2D eigenvalue weighted by Crippen LogP contribution is 2.17. The number of pyridine rings is 1. The van der Waals surface area contributed by atoms with Crippen LogP contribution in [0.3, 0.4) is 0 Å². The van der Waals surface area contributed by atoms with Crippen molar-refractivity contribution < 1.29 is 9.53 Å². The molecule has 1 aromatic heterocycles. The van der Waals surface area contributed by atoms with Crippen molar-refractivity contribution in [3.63, 3.8) is 0 Å². The number of unbranched alkanes of at least 4 members (excludes halogenated alkanes) is 2. The Morgan fingerprint density at radius 1 is 1.44 bits per heavy atom. The van der Waals surface area contributed by atoms with Crippen LogP contribution in [0, 0.1) is 0 Å². The first-order valence-corrected chi connectivity index (χ1v) is 5.52. The summed E-state index contributed by atoms with van der Waals surface area (Å²) in [6.07, 6.45) is 4.92. The van der Waals surface area contributed by atoms with Crippen molar-refractivity contribution in [2.75, 3.05) is 13.7 Å². The second-order valence-electron chi connectivity index (χ2n) is 3.58. The first kappa shape index (κ1) is 12.6. The third-order valence-electron chi connectivity index (χ3n) is 2.36. The Morgan fingerprint density at radius 3 is 2.94 bits per heavy atom. The average molecular weight is 222 g/mol. The van der Waals surface area contributed by atoms with Gasteiger partial charge in [-0.25, -0.2) is 4.98 Å². The Balaban J connectivity index is 2.52. The number of hydrogen-bond acceptors (Lipinski definition) is 4. The number of methoxy groups -OCH3 is 1. The van der Waals surface area contributed by atoms with Crippen molar-refractivity contribution in [2.45, 2.75) is 25.7 Å². The van der Waals surface area contributed by atoms with Gasteiger partial charge >= 0.3 is 0 Å². The quantitative estimate of drug-likeness (QED) is 0.564. The van der Waals surface area contributed by atoms with E-state index in [1.807, 2.05) is 0 Å². The van der Waals surface area contributed by atoms with Crippen molar-refractivity contribution >= 4 is 5.78 Å². The molecular weight excluding hydrogens is 204 g/mol. The predicted octanol–water partition coefficient (Wildman–Crippen LogP) is 1.79. The second-order valence-corrected chi connectivity index (χ2v) is 3.58. The highest BCUT2D eigenvalue weighted by molar-refractivity contribution is 5.96. The smallest absolute Gasteiger partial charge is 0.184 e. The molecule has 0 radical (unpaired) electrons. The molecular formula is C12H18N2O2. The standard InChI is InChI=1S/C12H18N2O2/c1-16-11-7-5-9-14-12(11)10(15)6-3-2-4-8-13/h5,7,9H,2-4,6,8,13H2,1H3. The van der Waals surface area contributed by atoms with Crippen molar-refractivity contribution in [1.82, 2.24) is 4.98 Å². The molecule has 4 heteroatoms. The molecule has 2 N–H and O–H groups in total. The monoisotopic (exact) mass is 222 g/mol. The van der Waals surface area contributed by atoms with Crippen LogP contribution in [0.15, 0.2) is 18.3 Å². The maximum Gasteiger partial charge on any atom is 0.184 e. The molecule has 88 valence electrons. The lowest BCUT2D eigenvalue weighted by Crippen LogP contribution is -2.05. The first-order chi connectivity index (χ1) is 7.79. The normalized spacial score (nSPS) is 10.1. The highest BCUT2D eigenvalue weighted by atomic mass is 16.5. The molecule has 0 amide bonds. The molecule has 0 atom stereocenters. The van der Waals surface area contributed by atoms with Crippen molar-refractivity contribution in [1.29, 1.82) is 0 Å². The maximum absolute atomic E-state index is 11.8. The molecule has 0 unspecified atom stereocenters. The lowest BCUT2D eigenvalue weighted by Gasteiger charge is -2.05. The molecule has 1 heterocycles. The van der Waals surface area contributed by atoms with Gasteiger partial charge in [0.25, 0.3) is 0 Å². The van der Waals surface area contributed by atoms with Gasteiger partial charge in [-0.15, -0.1) is 0 Å². The topological polar surface area (TPSA) is 65.2 Å². The molecule has 0 aliphatic heterocycles. The Morgan fingerprint density at radius 2 is 2.25 bits per heavy atom. The number of carbonyl (C=O) groups is 1. The molecule has 0 bridgehead atoms. The number of carbonyl (C=O) groups excluding carboxylic acids is 1. The summed E-state index contributed by atoms with van der Waals surface area (Å²) >= 11 is 0. The minimum atomic E-state index is 0.0365. The molecule has 0 aliphatic rings. The second kappa shape index (κ2) is 6.95. The van der Waals surface area contributed by atoms with E-state index in [0.29, 0.717) is 24.4 Å². The number of nitrogens with zero attached hydrogens (tertiary/aromatic N) is 1. The van der Waals surface area contributed by atoms with Crippen LogP contribution in [-0.2, 0) is 0 Å². The average Bonchev–Trinajstić information content (AvgIpc) is 2.34. The van der Waals surface area contributed by atoms with Gasteiger partial charge in [-0.3, -0.25) is 4.79 Å². The van der Waals surface area contributed by atoms with E-state index < -0.39 is 0 Å². The fourth-order valence-electron chi connectivity index (χ4n) is 1.49. The number of hydrogen-bond donors (Lipinski definition) is 1. The summed E-state index contributed by atoms with van der Waals surface area (Å²) in [5.74, 6) is 0.584. The summed E-state index contributed by atoms with van der Waals surface area (Å²) in [6.45, 7) is 0.682. The van der Waals surface area contributed by atoms with Crippen molar-refractivity contribution in [2.24, 2.45) is 5.73 Å². The van der Waals surface area contributed by atoms with Crippen LogP contribution in [-0.4, -0.2) is 24.4 Å². The summed E-state index contributed by atoms with van der Waals surface area (Å²) < 4.78 is 5.09. The van der Waals surface area contributed by atoms with E-state index in [2.05, 4.69) is 4.98 Å². The van der Waals surface area contributed by atoms with Crippen LogP contribution in [0.4, 0.5) is 0 Å². The lowest BCUT2D eigenvalue weighted by molar-refractivity contribution is 0.0971. The fourth-order valence-corrected chi connectivity index (χ4v) is 1.49. The Kier molecular flexibility index (Phi) is 5.50. The molecule has 16 heavy (non-hydrogen) atoms. The van der Waals surface area contributed by atoms with E-state index >= 15 is 0 Å². The molecule has 4 nitrogen and oxygen atoms in total. The Bertz CT molecular complexity index is 340. The third kappa shape index (κ3) is 3.62. The van der Waals surface area contributed by atoms with Gasteiger partial charge in [-0.05, 0) is 31.5 Å². The molecule has 0 saturated carbocycles. The summed E-state index contributed by atoms with van der Waals surface area (Å²) in [6, 6.07) is 3.50. The van der Waals surface area contributed by atoms with E-state index in [4.69, 9.17) is 10.5 Å². The lowest BCUT2D eigenvalue weighted by atomic mass is 10.1. The predicted molar refractivity (Wildman–Crippen MR) is 62.6 cm³/mol. The summed E-state index contributed by atoms with van der Waals surface area (Å²) in [4.78, 5) is 15.9. The van der Waals surface area contributed by atoms with Crippen LogP contribution in [0.25, 0.3) is 0 Å². The summed E-state index contributed by atoms with van der Waals surface area (Å²) in [5, 5.41) is 0. The van der Waals surface area contributed by atoms with Crippen LogP contribution >= 0.6 is 0 Å². The maximum atomic E-state index is 11.8. The number of aromatic nitrogens is 1. The van der Waals surface area contributed by atoms with Crippen LogP contribution in [0.5, 0.6) is 5.75 Å². The number of Topliss-reactive ketones (excluding diaryl/α,β-unsaturated/α-hetero) is 1. The van der Waals surface area contributed by atoms with Crippen LogP contribution in [0.2, 0.25) is 0 Å². The number of ketones is 1. The molecule has 0 aromatic carbocycles. The first-order valence-electron chi connectivity index (χ1n) is 5.52. The highest BCUT2D eigenvalue weighted by Gasteiger charge is 2.12. The van der Waals surface area contributed by atoms with E-state index in [1.165, 1.54) is 0 Å². The molecule has 1 rings (SSSR count). The Hall–Kier alpha value is -1.42. The zero-order chi connectivity index (χ0) is 11.8. The van der Waals surface area contributed by atoms with Gasteiger partial charge in [0.15, 0.2) is 5.78 Å². The number of rotatable bonds is 7. The fraction of sp³-hybridized carbons (Fsp3) is 0.500. The largest absolute Gasteiger partial charge is 0.494 e. The van der Waals surface area contributed by atoms with E-state index in [1.54, 1.807) is 25.4 Å². The molecule has 0 saturated heterocycles. The SMILES string of the molecule is COc1cccnc1C(=O)CCCCCN. The summed E-state index contributed by atoms with van der Waals surface area (Å²) in [7, 11) is 1.54. The van der Waals surface area contributed by atoms with Gasteiger partial charge in [-0.2, -0.15) is 0 Å². The molecule has 0 fully saturated rings. The van der Waals surface area contributed by atoms with Gasteiger partial charge in [0.2, 0.25) is 0 Å². The minimum Gasteiger partial charge on any atom is -0.494 e. The van der Waals surface area contributed by atoms with Crippen LogP contribution in [0.1, 0.15) is 36.2 Å². The zero-order valence-electron chi connectivity index (χ0n) is 9.61. The molecule has 0 spiro atoms. The molecule has 0 aliphatic carbocycles. The van der Waals surface area contributed by atoms with Gasteiger partial charge in [0.1, 0.15) is 11.4 Å². The van der Waals surface area contributed by atoms with Gasteiger partial charge in [-0.1, -0.05) is 6.42 Å². The number of nitrogens with two attached hydrogens (primary N) is 1. The van der Waals surface area contributed by atoms with Gasteiger partial charge < -0.3 is 10.5 Å². The Labute approximate surface area is 95.8 Å². The van der Waals surface area contributed by atoms with Gasteiger partial charge in [0, 0.05) is 12.6 Å². The van der Waals surface area contributed by atoms with Crippen LogP contribution < -0.4 is 10.5 Å². The van der Waals surface area contributed by atoms with E-state index in [0.717, 1.165) is 19.3 Å². The van der Waals surface area contributed by atoms with E-state index in [9.17, 15) is 4.79 Å².